The first-order valence-electron chi connectivity index (χ1n) is 8.69. The lowest BCUT2D eigenvalue weighted by Crippen LogP contribution is -2.47. The summed E-state index contributed by atoms with van der Waals surface area (Å²) in [4.78, 5) is 33.9. The number of rotatable bonds is 5. The van der Waals surface area contributed by atoms with Crippen LogP contribution in [-0.4, -0.2) is 52.1 Å². The zero-order chi connectivity index (χ0) is 15.9. The molecule has 3 rings (SSSR count). The van der Waals surface area contributed by atoms with E-state index in [1.807, 2.05) is 23.6 Å². The van der Waals surface area contributed by atoms with E-state index in [9.17, 15) is 9.59 Å². The standard InChI is InChI=1S/C17H27N3O2/c1-4-5-6-14-18-17(16(22)20(14)12(2)3)9-10-19(11-17)15(21)13-7-8-13/h12-13H,4-11H2,1-3H3. The maximum atomic E-state index is 13.0. The molecule has 2 aliphatic heterocycles. The molecule has 1 atom stereocenters. The van der Waals surface area contributed by atoms with E-state index in [1.165, 1.54) is 0 Å². The van der Waals surface area contributed by atoms with Crippen LogP contribution in [0.5, 0.6) is 0 Å². The van der Waals surface area contributed by atoms with Gasteiger partial charge in [0.1, 0.15) is 5.84 Å². The number of carbonyl (C=O) groups is 2. The molecule has 1 saturated heterocycles. The van der Waals surface area contributed by atoms with E-state index in [0.29, 0.717) is 19.5 Å². The number of amides is 2. The van der Waals surface area contributed by atoms with Crippen LogP contribution >= 0.6 is 0 Å². The van der Waals surface area contributed by atoms with Crippen molar-refractivity contribution in [3.63, 3.8) is 0 Å². The molecule has 2 heterocycles. The zero-order valence-corrected chi connectivity index (χ0v) is 14.0. The van der Waals surface area contributed by atoms with Gasteiger partial charge in [-0.05, 0) is 33.1 Å². The summed E-state index contributed by atoms with van der Waals surface area (Å²) in [6, 6.07) is 0.135. The highest BCUT2D eigenvalue weighted by Crippen LogP contribution is 2.38. The number of unbranched alkanes of at least 4 members (excludes halogenated alkanes) is 1. The Kier molecular flexibility index (Phi) is 4.00. The van der Waals surface area contributed by atoms with Gasteiger partial charge >= 0.3 is 0 Å². The van der Waals surface area contributed by atoms with Crippen molar-refractivity contribution in [1.82, 2.24) is 9.80 Å². The van der Waals surface area contributed by atoms with Gasteiger partial charge in [0, 0.05) is 31.3 Å². The van der Waals surface area contributed by atoms with E-state index in [-0.39, 0.29) is 23.8 Å². The molecule has 0 radical (unpaired) electrons. The fourth-order valence-electron chi connectivity index (χ4n) is 3.57. The molecular weight excluding hydrogens is 278 g/mol. The normalized spacial score (nSPS) is 28.2. The second-order valence-electron chi connectivity index (χ2n) is 7.22. The van der Waals surface area contributed by atoms with E-state index in [4.69, 9.17) is 4.99 Å². The van der Waals surface area contributed by atoms with Crippen LogP contribution in [0.15, 0.2) is 4.99 Å². The van der Waals surface area contributed by atoms with Crippen LogP contribution < -0.4 is 0 Å². The van der Waals surface area contributed by atoms with Gasteiger partial charge in [0.2, 0.25) is 5.91 Å². The minimum Gasteiger partial charge on any atom is -0.339 e. The van der Waals surface area contributed by atoms with Crippen molar-refractivity contribution in [3.8, 4) is 0 Å². The predicted octanol–water partition coefficient (Wildman–Crippen LogP) is 2.21. The smallest absolute Gasteiger partial charge is 0.258 e. The topological polar surface area (TPSA) is 53.0 Å². The van der Waals surface area contributed by atoms with Gasteiger partial charge in [-0.25, -0.2) is 0 Å². The Hall–Kier alpha value is -1.39. The third-order valence-corrected chi connectivity index (χ3v) is 4.99. The molecule has 5 nitrogen and oxygen atoms in total. The highest BCUT2D eigenvalue weighted by molar-refractivity contribution is 6.09. The quantitative estimate of drug-likeness (QED) is 0.782. The van der Waals surface area contributed by atoms with Crippen molar-refractivity contribution in [2.75, 3.05) is 13.1 Å². The largest absolute Gasteiger partial charge is 0.339 e. The third kappa shape index (κ3) is 2.55. The number of hydrogen-bond donors (Lipinski definition) is 0. The molecule has 22 heavy (non-hydrogen) atoms. The van der Waals surface area contributed by atoms with Gasteiger partial charge in [0.25, 0.3) is 5.91 Å². The summed E-state index contributed by atoms with van der Waals surface area (Å²) in [6.45, 7) is 7.40. The fourth-order valence-corrected chi connectivity index (χ4v) is 3.57. The van der Waals surface area contributed by atoms with Gasteiger partial charge in [0.15, 0.2) is 5.54 Å². The number of amidine groups is 1. The summed E-state index contributed by atoms with van der Waals surface area (Å²) < 4.78 is 0. The Morgan fingerprint density at radius 2 is 2.14 bits per heavy atom. The SMILES string of the molecule is CCCCC1=NC2(CCN(C(=O)C3CC3)C2)C(=O)N1C(C)C. The molecule has 5 heteroatoms. The Morgan fingerprint density at radius 3 is 2.73 bits per heavy atom. The van der Waals surface area contributed by atoms with Crippen LogP contribution in [0.4, 0.5) is 0 Å². The second-order valence-corrected chi connectivity index (χ2v) is 7.22. The molecule has 0 aromatic heterocycles. The first kappa shape index (κ1) is 15.5. The zero-order valence-electron chi connectivity index (χ0n) is 14.0. The summed E-state index contributed by atoms with van der Waals surface area (Å²) in [5.41, 5.74) is -0.683. The first-order chi connectivity index (χ1) is 10.5. The van der Waals surface area contributed by atoms with E-state index in [1.54, 1.807) is 0 Å². The van der Waals surface area contributed by atoms with E-state index >= 15 is 0 Å². The molecule has 1 saturated carbocycles. The maximum absolute atomic E-state index is 13.0. The predicted molar refractivity (Wildman–Crippen MR) is 85.6 cm³/mol. The summed E-state index contributed by atoms with van der Waals surface area (Å²) in [5, 5.41) is 0. The lowest BCUT2D eigenvalue weighted by molar-refractivity contribution is -0.133. The summed E-state index contributed by atoms with van der Waals surface area (Å²) >= 11 is 0. The van der Waals surface area contributed by atoms with Crippen molar-refractivity contribution in [2.45, 2.75) is 70.9 Å². The molecule has 122 valence electrons. The third-order valence-electron chi connectivity index (χ3n) is 4.99. The number of hydrogen-bond acceptors (Lipinski definition) is 3. The average molecular weight is 305 g/mol. The lowest BCUT2D eigenvalue weighted by atomic mass is 9.98. The molecule has 2 amide bonds. The van der Waals surface area contributed by atoms with Gasteiger partial charge in [-0.2, -0.15) is 0 Å². The van der Waals surface area contributed by atoms with E-state index in [2.05, 4.69) is 6.92 Å². The number of carbonyl (C=O) groups excluding carboxylic acids is 2. The maximum Gasteiger partial charge on any atom is 0.258 e. The van der Waals surface area contributed by atoms with Crippen LogP contribution in [0.1, 0.15) is 59.3 Å². The molecule has 2 fully saturated rings. The lowest BCUT2D eigenvalue weighted by Gasteiger charge is -2.26. The molecule has 0 N–H and O–H groups in total. The summed E-state index contributed by atoms with van der Waals surface area (Å²) in [7, 11) is 0. The molecule has 3 aliphatic rings. The van der Waals surface area contributed by atoms with Gasteiger partial charge in [-0.3, -0.25) is 19.5 Å². The Morgan fingerprint density at radius 1 is 1.41 bits per heavy atom. The molecular formula is C17H27N3O2. The number of likely N-dealkylation sites (tertiary alicyclic amines) is 1. The van der Waals surface area contributed by atoms with Crippen LogP contribution in [0, 0.1) is 5.92 Å². The van der Waals surface area contributed by atoms with Crippen molar-refractivity contribution in [2.24, 2.45) is 10.9 Å². The van der Waals surface area contributed by atoms with Crippen molar-refractivity contribution >= 4 is 17.6 Å². The van der Waals surface area contributed by atoms with Crippen molar-refractivity contribution in [3.05, 3.63) is 0 Å². The Balaban J connectivity index is 1.79. The molecule has 0 aromatic rings. The van der Waals surface area contributed by atoms with Gasteiger partial charge in [0.05, 0.1) is 6.54 Å². The van der Waals surface area contributed by atoms with E-state index in [0.717, 1.165) is 37.9 Å². The highest BCUT2D eigenvalue weighted by atomic mass is 16.2. The summed E-state index contributed by atoms with van der Waals surface area (Å²) in [5.74, 6) is 1.50. The number of nitrogens with zero attached hydrogens (tertiary/aromatic N) is 3. The number of aliphatic imine (C=N–C) groups is 1. The van der Waals surface area contributed by atoms with Gasteiger partial charge in [-0.1, -0.05) is 13.3 Å². The monoisotopic (exact) mass is 305 g/mol. The Labute approximate surface area is 132 Å². The van der Waals surface area contributed by atoms with Crippen LogP contribution in [0.2, 0.25) is 0 Å². The Bertz CT molecular complexity index is 510. The van der Waals surface area contributed by atoms with Crippen LogP contribution in [0.3, 0.4) is 0 Å². The fraction of sp³-hybridized carbons (Fsp3) is 0.824. The minimum atomic E-state index is -0.683. The van der Waals surface area contributed by atoms with Gasteiger partial charge in [-0.15, -0.1) is 0 Å². The highest BCUT2D eigenvalue weighted by Gasteiger charge is 2.54. The molecule has 1 aliphatic carbocycles. The van der Waals surface area contributed by atoms with E-state index < -0.39 is 5.54 Å². The van der Waals surface area contributed by atoms with Gasteiger partial charge < -0.3 is 4.90 Å². The van der Waals surface area contributed by atoms with Crippen molar-refractivity contribution in [1.29, 1.82) is 0 Å². The van der Waals surface area contributed by atoms with Crippen molar-refractivity contribution < 1.29 is 9.59 Å². The molecule has 0 bridgehead atoms. The minimum absolute atomic E-state index is 0.111. The molecule has 1 spiro atoms. The molecule has 0 aromatic carbocycles. The van der Waals surface area contributed by atoms with Crippen LogP contribution in [-0.2, 0) is 9.59 Å². The summed E-state index contributed by atoms with van der Waals surface area (Å²) in [6.07, 6.45) is 5.72. The molecule has 1 unspecified atom stereocenters. The second kappa shape index (κ2) is 5.67. The van der Waals surface area contributed by atoms with Crippen LogP contribution in [0.25, 0.3) is 0 Å². The average Bonchev–Trinajstić information content (AvgIpc) is 3.18. The first-order valence-corrected chi connectivity index (χ1v) is 8.69.